The number of nitrogens with zero attached hydrogens (tertiary/aromatic N) is 1. The lowest BCUT2D eigenvalue weighted by molar-refractivity contribution is 1.53. The molecule has 0 amide bonds. The first kappa shape index (κ1) is 7.61. The van der Waals surface area contributed by atoms with Crippen LogP contribution in [0.1, 0.15) is 5.56 Å². The number of benzene rings is 1. The summed E-state index contributed by atoms with van der Waals surface area (Å²) < 4.78 is 7.73. The van der Waals surface area contributed by atoms with Gasteiger partial charge in [-0.3, -0.25) is 0 Å². The second-order valence-corrected chi connectivity index (χ2v) is 4.85. The number of fused-ring (bicyclic) bond motifs is 1. The maximum Gasteiger partial charge on any atom is 0.0775 e. The lowest BCUT2D eigenvalue weighted by atomic mass is 10.2. The SMILES string of the molecule is Brc1ccc2c(c1)N=IC=C2. The summed E-state index contributed by atoms with van der Waals surface area (Å²) in [4.78, 5) is 0. The van der Waals surface area contributed by atoms with Crippen LogP contribution in [0.3, 0.4) is 0 Å². The Bertz CT molecular complexity index is 344. The van der Waals surface area contributed by atoms with Gasteiger partial charge < -0.3 is 0 Å². The molecule has 0 aliphatic carbocycles. The first-order chi connectivity index (χ1) is 5.36. The summed E-state index contributed by atoms with van der Waals surface area (Å²) in [6.45, 7) is 0. The highest BCUT2D eigenvalue weighted by Crippen LogP contribution is 2.32. The molecule has 56 valence electrons. The maximum atomic E-state index is 4.45. The van der Waals surface area contributed by atoms with Crippen molar-refractivity contribution >= 4 is 48.7 Å². The third-order valence-corrected chi connectivity index (χ3v) is 3.40. The average molecular weight is 322 g/mol. The van der Waals surface area contributed by atoms with Crippen molar-refractivity contribution < 1.29 is 0 Å². The van der Waals surface area contributed by atoms with E-state index in [9.17, 15) is 0 Å². The van der Waals surface area contributed by atoms with Crippen LogP contribution in [0.5, 0.6) is 0 Å². The number of hydrogen-bond acceptors (Lipinski definition) is 1. The molecule has 1 aliphatic rings. The summed E-state index contributed by atoms with van der Waals surface area (Å²) in [5.41, 5.74) is 2.37. The van der Waals surface area contributed by atoms with Crippen molar-refractivity contribution in [2.75, 3.05) is 0 Å². The highest BCUT2D eigenvalue weighted by molar-refractivity contribution is 14.2. The van der Waals surface area contributed by atoms with Crippen LogP contribution in [0.15, 0.2) is 29.9 Å². The zero-order valence-corrected chi connectivity index (χ0v) is 9.33. The van der Waals surface area contributed by atoms with E-state index in [4.69, 9.17) is 0 Å². The molecule has 11 heavy (non-hydrogen) atoms. The minimum absolute atomic E-state index is 0.0634. The zero-order chi connectivity index (χ0) is 7.68. The molecule has 0 bridgehead atoms. The molecule has 0 saturated carbocycles. The molecule has 1 aromatic rings. The molecule has 0 saturated heterocycles. The third-order valence-electron chi connectivity index (χ3n) is 1.43. The second-order valence-electron chi connectivity index (χ2n) is 2.18. The van der Waals surface area contributed by atoms with Gasteiger partial charge in [0.05, 0.1) is 5.69 Å². The molecule has 0 unspecified atom stereocenters. The largest absolute Gasteiger partial charge is 0.222 e. The van der Waals surface area contributed by atoms with Crippen LogP contribution < -0.4 is 0 Å². The Morgan fingerprint density at radius 2 is 2.27 bits per heavy atom. The fourth-order valence-electron chi connectivity index (χ4n) is 0.908. The molecule has 0 spiro atoms. The minimum atomic E-state index is -0.0634. The Balaban J connectivity index is 2.63. The molecular formula is C8H5BrIN. The highest BCUT2D eigenvalue weighted by Gasteiger charge is 2.00. The normalized spacial score (nSPS) is 13.9. The quantitative estimate of drug-likeness (QED) is 0.634. The Hall–Kier alpha value is -0.0300. The van der Waals surface area contributed by atoms with Crippen LogP contribution in [0.25, 0.3) is 6.08 Å². The zero-order valence-electron chi connectivity index (χ0n) is 5.59. The third kappa shape index (κ3) is 1.59. The van der Waals surface area contributed by atoms with Crippen molar-refractivity contribution in [1.29, 1.82) is 0 Å². The molecule has 0 aromatic heterocycles. The van der Waals surface area contributed by atoms with Gasteiger partial charge in [0, 0.05) is 31.1 Å². The van der Waals surface area contributed by atoms with Crippen molar-refractivity contribution in [2.24, 2.45) is 3.15 Å². The van der Waals surface area contributed by atoms with Crippen LogP contribution in [0.4, 0.5) is 5.69 Å². The average Bonchev–Trinajstić information content (AvgIpc) is 2.04. The van der Waals surface area contributed by atoms with Crippen LogP contribution in [0, 0.1) is 0 Å². The Kier molecular flexibility index (Phi) is 2.18. The Labute approximate surface area is 83.8 Å². The number of hydrogen-bond donors (Lipinski definition) is 0. The fourth-order valence-corrected chi connectivity index (χ4v) is 2.68. The Morgan fingerprint density at radius 3 is 3.18 bits per heavy atom. The summed E-state index contributed by atoms with van der Waals surface area (Å²) in [6, 6.07) is 6.20. The smallest absolute Gasteiger partial charge is 0.0775 e. The molecule has 2 rings (SSSR count). The van der Waals surface area contributed by atoms with Crippen LogP contribution >= 0.6 is 37.0 Å². The molecule has 0 N–H and O–H groups in total. The first-order valence-electron chi connectivity index (χ1n) is 3.16. The maximum absolute atomic E-state index is 4.45. The number of halogens is 2. The monoisotopic (exact) mass is 321 g/mol. The van der Waals surface area contributed by atoms with Crippen LogP contribution in [-0.2, 0) is 0 Å². The Morgan fingerprint density at radius 1 is 1.36 bits per heavy atom. The summed E-state index contributed by atoms with van der Waals surface area (Å²) in [5.74, 6) is 0. The molecule has 1 aromatic carbocycles. The van der Waals surface area contributed by atoms with Gasteiger partial charge in [0.1, 0.15) is 0 Å². The molecular weight excluding hydrogens is 317 g/mol. The van der Waals surface area contributed by atoms with E-state index in [1.165, 1.54) is 5.56 Å². The van der Waals surface area contributed by atoms with Gasteiger partial charge >= 0.3 is 0 Å². The topological polar surface area (TPSA) is 12.4 Å². The first-order valence-corrected chi connectivity index (χ1v) is 6.16. The van der Waals surface area contributed by atoms with E-state index in [1.54, 1.807) is 0 Å². The van der Waals surface area contributed by atoms with E-state index in [0.29, 0.717) is 0 Å². The van der Waals surface area contributed by atoms with Crippen molar-refractivity contribution in [3.63, 3.8) is 0 Å². The van der Waals surface area contributed by atoms with Crippen molar-refractivity contribution in [1.82, 2.24) is 0 Å². The number of rotatable bonds is 0. The van der Waals surface area contributed by atoms with Gasteiger partial charge in [0.25, 0.3) is 0 Å². The van der Waals surface area contributed by atoms with Gasteiger partial charge in [-0.05, 0) is 22.3 Å². The predicted octanol–water partition coefficient (Wildman–Crippen LogP) is 4.22. The van der Waals surface area contributed by atoms with E-state index in [2.05, 4.69) is 41.4 Å². The minimum Gasteiger partial charge on any atom is -0.222 e. The van der Waals surface area contributed by atoms with Gasteiger partial charge in [-0.15, -0.1) is 0 Å². The van der Waals surface area contributed by atoms with Gasteiger partial charge in [-0.25, -0.2) is 3.15 Å². The molecule has 0 atom stereocenters. The molecule has 1 heterocycles. The standard InChI is InChI=1S/C8H5BrIN/c9-7-2-1-6-3-4-10-11-8(6)5-7/h1-5H. The summed E-state index contributed by atoms with van der Waals surface area (Å²) in [7, 11) is 0. The molecule has 0 fully saturated rings. The van der Waals surface area contributed by atoms with Crippen molar-refractivity contribution in [3.8, 4) is 0 Å². The predicted molar refractivity (Wildman–Crippen MR) is 59.3 cm³/mol. The molecule has 0 radical (unpaired) electrons. The lowest BCUT2D eigenvalue weighted by Crippen LogP contribution is -1.74. The van der Waals surface area contributed by atoms with E-state index >= 15 is 0 Å². The second kappa shape index (κ2) is 3.15. The fraction of sp³-hybridized carbons (Fsp3) is 0. The van der Waals surface area contributed by atoms with E-state index in [-0.39, 0.29) is 21.0 Å². The molecule has 1 aliphatic heterocycles. The van der Waals surface area contributed by atoms with Gasteiger partial charge in [-0.2, -0.15) is 0 Å². The highest BCUT2D eigenvalue weighted by atomic mass is 127. The van der Waals surface area contributed by atoms with E-state index in [1.807, 2.05) is 6.07 Å². The van der Waals surface area contributed by atoms with Crippen molar-refractivity contribution in [2.45, 2.75) is 0 Å². The van der Waals surface area contributed by atoms with Gasteiger partial charge in [0.2, 0.25) is 0 Å². The van der Waals surface area contributed by atoms with E-state index in [0.717, 1.165) is 10.2 Å². The van der Waals surface area contributed by atoms with Crippen LogP contribution in [0.2, 0.25) is 0 Å². The summed E-state index contributed by atoms with van der Waals surface area (Å²) in [5, 5.41) is 0. The van der Waals surface area contributed by atoms with Gasteiger partial charge in [-0.1, -0.05) is 22.0 Å². The summed E-state index contributed by atoms with van der Waals surface area (Å²) >= 11 is 3.36. The van der Waals surface area contributed by atoms with E-state index < -0.39 is 0 Å². The molecule has 1 nitrogen and oxygen atoms in total. The molecule has 3 heteroatoms. The van der Waals surface area contributed by atoms with Crippen molar-refractivity contribution in [3.05, 3.63) is 32.3 Å². The lowest BCUT2D eigenvalue weighted by Gasteiger charge is -2.02. The summed E-state index contributed by atoms with van der Waals surface area (Å²) in [6.07, 6.45) is 2.15. The van der Waals surface area contributed by atoms with Gasteiger partial charge in [0.15, 0.2) is 0 Å². The van der Waals surface area contributed by atoms with Crippen LogP contribution in [-0.4, -0.2) is 0 Å².